The SMILES string of the molecule is CN(C)C(=O)c1ccc2scnc2c1. The van der Waals surface area contributed by atoms with Gasteiger partial charge in [-0.25, -0.2) is 4.98 Å². The Balaban J connectivity index is 2.48. The molecule has 3 nitrogen and oxygen atoms in total. The van der Waals surface area contributed by atoms with E-state index in [0.29, 0.717) is 5.56 Å². The molecule has 0 saturated carbocycles. The standard InChI is InChI=1S/C10H10N2OS/c1-12(2)10(13)7-3-4-9-8(5-7)11-6-14-9/h3-6H,1-2H3. The van der Waals surface area contributed by atoms with E-state index >= 15 is 0 Å². The molecule has 0 atom stereocenters. The molecule has 0 unspecified atom stereocenters. The molecule has 72 valence electrons. The van der Waals surface area contributed by atoms with Crippen LogP contribution in [0.2, 0.25) is 0 Å². The van der Waals surface area contributed by atoms with Crippen LogP contribution >= 0.6 is 11.3 Å². The molecule has 0 aliphatic rings. The van der Waals surface area contributed by atoms with Crippen LogP contribution in [0.25, 0.3) is 10.2 Å². The van der Waals surface area contributed by atoms with Gasteiger partial charge in [0.2, 0.25) is 0 Å². The number of nitrogens with zero attached hydrogens (tertiary/aromatic N) is 2. The van der Waals surface area contributed by atoms with Crippen molar-refractivity contribution < 1.29 is 4.79 Å². The summed E-state index contributed by atoms with van der Waals surface area (Å²) >= 11 is 1.58. The number of aromatic nitrogens is 1. The Morgan fingerprint density at radius 1 is 1.43 bits per heavy atom. The molecular weight excluding hydrogens is 196 g/mol. The summed E-state index contributed by atoms with van der Waals surface area (Å²) < 4.78 is 1.11. The van der Waals surface area contributed by atoms with Crippen LogP contribution in [0, 0.1) is 0 Å². The van der Waals surface area contributed by atoms with Crippen LogP contribution < -0.4 is 0 Å². The average Bonchev–Trinajstić information content (AvgIpc) is 2.62. The van der Waals surface area contributed by atoms with Crippen LogP contribution in [0.3, 0.4) is 0 Å². The van der Waals surface area contributed by atoms with Crippen molar-refractivity contribution in [1.82, 2.24) is 9.88 Å². The molecule has 1 amide bonds. The summed E-state index contributed by atoms with van der Waals surface area (Å²) in [6.45, 7) is 0. The Morgan fingerprint density at radius 2 is 2.21 bits per heavy atom. The number of hydrogen-bond acceptors (Lipinski definition) is 3. The lowest BCUT2D eigenvalue weighted by atomic mass is 10.2. The normalized spacial score (nSPS) is 10.4. The van der Waals surface area contributed by atoms with Crippen LogP contribution in [0.5, 0.6) is 0 Å². The highest BCUT2D eigenvalue weighted by Gasteiger charge is 2.08. The van der Waals surface area contributed by atoms with Gasteiger partial charge >= 0.3 is 0 Å². The third-order valence-corrected chi connectivity index (χ3v) is 2.79. The summed E-state index contributed by atoms with van der Waals surface area (Å²) in [6, 6.07) is 5.60. The highest BCUT2D eigenvalue weighted by atomic mass is 32.1. The number of carbonyl (C=O) groups is 1. The van der Waals surface area contributed by atoms with E-state index in [2.05, 4.69) is 4.98 Å². The Kier molecular flexibility index (Phi) is 2.21. The molecule has 0 saturated heterocycles. The van der Waals surface area contributed by atoms with Crippen molar-refractivity contribution in [2.24, 2.45) is 0 Å². The van der Waals surface area contributed by atoms with Gasteiger partial charge in [0.25, 0.3) is 5.91 Å². The molecule has 0 radical (unpaired) electrons. The third-order valence-electron chi connectivity index (χ3n) is 1.98. The first-order chi connectivity index (χ1) is 6.68. The third kappa shape index (κ3) is 1.48. The first kappa shape index (κ1) is 9.15. The van der Waals surface area contributed by atoms with Gasteiger partial charge in [-0.15, -0.1) is 11.3 Å². The van der Waals surface area contributed by atoms with E-state index in [-0.39, 0.29) is 5.91 Å². The zero-order chi connectivity index (χ0) is 10.1. The van der Waals surface area contributed by atoms with Gasteiger partial charge in [0.1, 0.15) is 0 Å². The van der Waals surface area contributed by atoms with Gasteiger partial charge in [-0.05, 0) is 18.2 Å². The van der Waals surface area contributed by atoms with Crippen LogP contribution in [0.1, 0.15) is 10.4 Å². The fourth-order valence-electron chi connectivity index (χ4n) is 1.25. The van der Waals surface area contributed by atoms with Gasteiger partial charge in [0, 0.05) is 19.7 Å². The monoisotopic (exact) mass is 206 g/mol. The van der Waals surface area contributed by atoms with Crippen LogP contribution in [-0.4, -0.2) is 29.9 Å². The first-order valence-corrected chi connectivity index (χ1v) is 5.11. The second kappa shape index (κ2) is 3.38. The average molecular weight is 206 g/mol. The summed E-state index contributed by atoms with van der Waals surface area (Å²) in [7, 11) is 3.49. The summed E-state index contributed by atoms with van der Waals surface area (Å²) in [5.74, 6) is 0.0138. The maximum absolute atomic E-state index is 11.6. The number of amides is 1. The fraction of sp³-hybridized carbons (Fsp3) is 0.200. The molecule has 1 aromatic heterocycles. The summed E-state index contributed by atoms with van der Waals surface area (Å²) in [6.07, 6.45) is 0. The number of thiazole rings is 1. The minimum absolute atomic E-state index is 0.0138. The molecule has 0 bridgehead atoms. The summed E-state index contributed by atoms with van der Waals surface area (Å²) in [4.78, 5) is 17.3. The van der Waals surface area contributed by atoms with Gasteiger partial charge < -0.3 is 4.90 Å². The second-order valence-electron chi connectivity index (χ2n) is 3.23. The molecule has 2 rings (SSSR count). The fourth-order valence-corrected chi connectivity index (χ4v) is 1.91. The van der Waals surface area contributed by atoms with Gasteiger partial charge in [-0.3, -0.25) is 4.79 Å². The molecular formula is C10H10N2OS. The zero-order valence-electron chi connectivity index (χ0n) is 8.02. The van der Waals surface area contributed by atoms with Gasteiger partial charge in [-0.1, -0.05) is 0 Å². The predicted octanol–water partition coefficient (Wildman–Crippen LogP) is 2.00. The Hall–Kier alpha value is -1.42. The van der Waals surface area contributed by atoms with Gasteiger partial charge in [-0.2, -0.15) is 0 Å². The van der Waals surface area contributed by atoms with E-state index < -0.39 is 0 Å². The van der Waals surface area contributed by atoms with Crippen LogP contribution in [-0.2, 0) is 0 Å². The van der Waals surface area contributed by atoms with Crippen molar-refractivity contribution in [3.05, 3.63) is 29.3 Å². The smallest absolute Gasteiger partial charge is 0.253 e. The van der Waals surface area contributed by atoms with E-state index in [0.717, 1.165) is 10.2 Å². The van der Waals surface area contributed by atoms with Gasteiger partial charge in [0.15, 0.2) is 0 Å². The van der Waals surface area contributed by atoms with E-state index in [9.17, 15) is 4.79 Å². The molecule has 0 aliphatic carbocycles. The lowest BCUT2D eigenvalue weighted by Gasteiger charge is -2.09. The maximum Gasteiger partial charge on any atom is 0.253 e. The molecule has 14 heavy (non-hydrogen) atoms. The minimum atomic E-state index is 0.0138. The lowest BCUT2D eigenvalue weighted by molar-refractivity contribution is 0.0828. The predicted molar refractivity (Wildman–Crippen MR) is 57.6 cm³/mol. The second-order valence-corrected chi connectivity index (χ2v) is 4.12. The molecule has 1 aromatic carbocycles. The highest BCUT2D eigenvalue weighted by Crippen LogP contribution is 2.19. The quantitative estimate of drug-likeness (QED) is 0.715. The molecule has 2 aromatic rings. The number of hydrogen-bond donors (Lipinski definition) is 0. The largest absolute Gasteiger partial charge is 0.345 e. The van der Waals surface area contributed by atoms with Crippen LogP contribution in [0.4, 0.5) is 0 Å². The molecule has 1 heterocycles. The number of carbonyl (C=O) groups excluding carboxylic acids is 1. The van der Waals surface area contributed by atoms with Crippen molar-refractivity contribution in [3.8, 4) is 0 Å². The zero-order valence-corrected chi connectivity index (χ0v) is 8.84. The van der Waals surface area contributed by atoms with Crippen LogP contribution in [0.15, 0.2) is 23.7 Å². The van der Waals surface area contributed by atoms with Crippen molar-refractivity contribution >= 4 is 27.5 Å². The topological polar surface area (TPSA) is 33.2 Å². The Bertz CT molecular complexity index is 476. The van der Waals surface area contributed by atoms with E-state index in [1.54, 1.807) is 35.8 Å². The summed E-state index contributed by atoms with van der Waals surface area (Å²) in [5, 5.41) is 0. The molecule has 0 spiro atoms. The number of benzene rings is 1. The van der Waals surface area contributed by atoms with Gasteiger partial charge in [0.05, 0.1) is 15.7 Å². The Labute approximate surface area is 86.0 Å². The van der Waals surface area contributed by atoms with Crippen molar-refractivity contribution in [2.75, 3.05) is 14.1 Å². The maximum atomic E-state index is 11.6. The molecule has 0 N–H and O–H groups in total. The molecule has 4 heteroatoms. The first-order valence-electron chi connectivity index (χ1n) is 4.23. The Morgan fingerprint density at radius 3 is 2.93 bits per heavy atom. The highest BCUT2D eigenvalue weighted by molar-refractivity contribution is 7.16. The molecule has 0 fully saturated rings. The molecule has 0 aliphatic heterocycles. The van der Waals surface area contributed by atoms with Crippen molar-refractivity contribution in [2.45, 2.75) is 0 Å². The van der Waals surface area contributed by atoms with Crippen molar-refractivity contribution in [1.29, 1.82) is 0 Å². The van der Waals surface area contributed by atoms with E-state index in [1.165, 1.54) is 0 Å². The number of rotatable bonds is 1. The van der Waals surface area contributed by atoms with E-state index in [4.69, 9.17) is 0 Å². The lowest BCUT2D eigenvalue weighted by Crippen LogP contribution is -2.21. The summed E-state index contributed by atoms with van der Waals surface area (Å²) in [5.41, 5.74) is 3.37. The van der Waals surface area contributed by atoms with E-state index in [1.807, 2.05) is 18.2 Å². The minimum Gasteiger partial charge on any atom is -0.345 e. The van der Waals surface area contributed by atoms with Crippen molar-refractivity contribution in [3.63, 3.8) is 0 Å². The number of fused-ring (bicyclic) bond motifs is 1.